The van der Waals surface area contributed by atoms with Crippen LogP contribution >= 0.6 is 0 Å². The number of anilines is 1. The highest BCUT2D eigenvalue weighted by molar-refractivity contribution is 5.69. The summed E-state index contributed by atoms with van der Waals surface area (Å²) in [6, 6.07) is 5.27. The van der Waals surface area contributed by atoms with Crippen molar-refractivity contribution in [1.82, 2.24) is 14.6 Å². The molecule has 0 spiro atoms. The van der Waals surface area contributed by atoms with Gasteiger partial charge < -0.3 is 31.2 Å². The molecule has 0 bridgehead atoms. The number of fused-ring (bicyclic) bond motifs is 1. The second kappa shape index (κ2) is 8.39. The van der Waals surface area contributed by atoms with Crippen LogP contribution in [0.15, 0.2) is 18.5 Å². The Hall–Kier alpha value is -2.78. The van der Waals surface area contributed by atoms with Gasteiger partial charge in [0, 0.05) is 12.5 Å². The zero-order chi connectivity index (χ0) is 22.2. The number of rotatable bonds is 5. The topological polar surface area (TPSA) is 182 Å². The molecule has 2 aromatic heterocycles. The zero-order valence-corrected chi connectivity index (χ0v) is 16.9. The van der Waals surface area contributed by atoms with E-state index in [-0.39, 0.29) is 36.5 Å². The van der Waals surface area contributed by atoms with Crippen molar-refractivity contribution in [2.45, 2.75) is 62.1 Å². The SMILES string of the molecule is N#C[C@@]1(c2ccc3c(N)ncnn23)O[C@H](COC(=O)CC2CCC(N)CC2)[C@@H](O)[C@H]1O. The first-order valence-electron chi connectivity index (χ1n) is 10.3. The number of ether oxygens (including phenoxy) is 2. The molecule has 11 heteroatoms. The molecule has 2 fully saturated rings. The number of carbonyl (C=O) groups excluding carboxylic acids is 1. The average Bonchev–Trinajstić information content (AvgIpc) is 3.30. The number of aliphatic hydroxyl groups is 2. The quantitative estimate of drug-likeness (QED) is 0.455. The van der Waals surface area contributed by atoms with E-state index in [9.17, 15) is 20.3 Å². The predicted octanol–water partition coefficient (Wildman–Crippen LogP) is -0.398. The molecule has 4 atom stereocenters. The first-order valence-corrected chi connectivity index (χ1v) is 10.3. The molecule has 1 saturated heterocycles. The fourth-order valence-electron chi connectivity index (χ4n) is 4.41. The molecule has 0 aromatic carbocycles. The highest BCUT2D eigenvalue weighted by Crippen LogP contribution is 2.40. The first kappa shape index (κ1) is 21.5. The fraction of sp³-hybridized carbons (Fsp3) is 0.600. The number of carbonyl (C=O) groups is 1. The van der Waals surface area contributed by atoms with E-state index in [0.29, 0.717) is 5.52 Å². The van der Waals surface area contributed by atoms with Crippen LogP contribution in [0.2, 0.25) is 0 Å². The molecule has 11 nitrogen and oxygen atoms in total. The summed E-state index contributed by atoms with van der Waals surface area (Å²) < 4.78 is 12.4. The minimum atomic E-state index is -1.91. The minimum absolute atomic E-state index is 0.191. The summed E-state index contributed by atoms with van der Waals surface area (Å²) in [4.78, 5) is 16.1. The Morgan fingerprint density at radius 2 is 2.10 bits per heavy atom. The Morgan fingerprint density at radius 3 is 2.81 bits per heavy atom. The van der Waals surface area contributed by atoms with Gasteiger partial charge in [0.05, 0.1) is 5.69 Å². The molecule has 2 aromatic rings. The van der Waals surface area contributed by atoms with Crippen molar-refractivity contribution >= 4 is 17.3 Å². The Kier molecular flexibility index (Phi) is 5.81. The number of nitrogens with zero attached hydrogens (tertiary/aromatic N) is 4. The Bertz CT molecular complexity index is 998. The summed E-state index contributed by atoms with van der Waals surface area (Å²) >= 11 is 0. The highest BCUT2D eigenvalue weighted by Gasteiger charge is 2.57. The number of hydrogen-bond acceptors (Lipinski definition) is 10. The third-order valence-corrected chi connectivity index (χ3v) is 6.24. The molecule has 1 saturated carbocycles. The summed E-state index contributed by atoms with van der Waals surface area (Å²) in [5, 5.41) is 35.2. The van der Waals surface area contributed by atoms with Crippen molar-refractivity contribution in [3.8, 4) is 6.07 Å². The lowest BCUT2D eigenvalue weighted by atomic mass is 9.84. The number of nitriles is 1. The normalized spacial score (nSPS) is 33.3. The van der Waals surface area contributed by atoms with Crippen molar-refractivity contribution in [3.05, 3.63) is 24.2 Å². The van der Waals surface area contributed by atoms with Crippen LogP contribution in [0.3, 0.4) is 0 Å². The van der Waals surface area contributed by atoms with Crippen molar-refractivity contribution in [2.24, 2.45) is 11.7 Å². The van der Waals surface area contributed by atoms with Crippen molar-refractivity contribution in [3.63, 3.8) is 0 Å². The van der Waals surface area contributed by atoms with E-state index in [1.54, 1.807) is 6.07 Å². The van der Waals surface area contributed by atoms with E-state index >= 15 is 0 Å². The lowest BCUT2D eigenvalue weighted by Crippen LogP contribution is -2.41. The molecule has 6 N–H and O–H groups in total. The van der Waals surface area contributed by atoms with Crippen molar-refractivity contribution < 1.29 is 24.5 Å². The summed E-state index contributed by atoms with van der Waals surface area (Å²) in [6.45, 7) is -0.285. The number of aliphatic hydroxyl groups excluding tert-OH is 2. The summed E-state index contributed by atoms with van der Waals surface area (Å²) in [5.74, 6) is 0.00753. The maximum atomic E-state index is 12.3. The third kappa shape index (κ3) is 3.83. The van der Waals surface area contributed by atoms with Gasteiger partial charge in [-0.25, -0.2) is 9.50 Å². The van der Waals surface area contributed by atoms with E-state index in [1.807, 2.05) is 6.07 Å². The number of nitrogen functional groups attached to an aromatic ring is 1. The highest BCUT2D eigenvalue weighted by atomic mass is 16.6. The van der Waals surface area contributed by atoms with Gasteiger partial charge in [-0.05, 0) is 43.7 Å². The van der Waals surface area contributed by atoms with Crippen LogP contribution in [-0.4, -0.2) is 61.7 Å². The fourth-order valence-corrected chi connectivity index (χ4v) is 4.41. The van der Waals surface area contributed by atoms with E-state index in [0.717, 1.165) is 25.7 Å². The molecule has 1 aliphatic carbocycles. The van der Waals surface area contributed by atoms with Crippen LogP contribution in [0, 0.1) is 17.2 Å². The van der Waals surface area contributed by atoms with Gasteiger partial charge in [-0.15, -0.1) is 0 Å². The Morgan fingerprint density at radius 1 is 1.35 bits per heavy atom. The molecule has 2 aliphatic rings. The van der Waals surface area contributed by atoms with E-state index in [2.05, 4.69) is 10.1 Å². The summed E-state index contributed by atoms with van der Waals surface area (Å²) in [7, 11) is 0. The lowest BCUT2D eigenvalue weighted by Gasteiger charge is -2.25. The van der Waals surface area contributed by atoms with Gasteiger partial charge in [0.2, 0.25) is 5.60 Å². The molecule has 4 rings (SSSR count). The predicted molar refractivity (Wildman–Crippen MR) is 107 cm³/mol. The van der Waals surface area contributed by atoms with Crippen molar-refractivity contribution in [1.29, 1.82) is 5.26 Å². The van der Waals surface area contributed by atoms with Gasteiger partial charge in [0.15, 0.2) is 5.82 Å². The Labute approximate surface area is 178 Å². The van der Waals surface area contributed by atoms with Gasteiger partial charge >= 0.3 is 5.97 Å². The zero-order valence-electron chi connectivity index (χ0n) is 16.9. The second-order valence-corrected chi connectivity index (χ2v) is 8.27. The van der Waals surface area contributed by atoms with Crippen LogP contribution < -0.4 is 11.5 Å². The van der Waals surface area contributed by atoms with Crippen LogP contribution in [0.25, 0.3) is 5.52 Å². The van der Waals surface area contributed by atoms with Gasteiger partial charge in [-0.2, -0.15) is 10.4 Å². The van der Waals surface area contributed by atoms with Gasteiger partial charge in [0.1, 0.15) is 42.8 Å². The van der Waals surface area contributed by atoms with Crippen LogP contribution in [-0.2, 0) is 19.9 Å². The molecule has 31 heavy (non-hydrogen) atoms. The largest absolute Gasteiger partial charge is 0.463 e. The van der Waals surface area contributed by atoms with Gasteiger partial charge in [-0.3, -0.25) is 4.79 Å². The van der Waals surface area contributed by atoms with Gasteiger partial charge in [-0.1, -0.05) is 0 Å². The maximum absolute atomic E-state index is 12.3. The second-order valence-electron chi connectivity index (χ2n) is 8.27. The average molecular weight is 430 g/mol. The standard InChI is InChI=1S/C20H26N6O5/c21-9-20(15-6-5-13-19(23)24-10-25-26(13)15)18(29)17(28)14(31-20)8-30-16(27)7-11-1-3-12(22)4-2-11/h5-6,10-12,14,17-18,28-29H,1-4,7-8,22H2,(H2,23,24,25)/t11?,12?,14-,17-,18-,20+/m1/s1. The third-order valence-electron chi connectivity index (χ3n) is 6.24. The molecular formula is C20H26N6O5. The number of aromatic nitrogens is 3. The van der Waals surface area contributed by atoms with Crippen LogP contribution in [0.4, 0.5) is 5.82 Å². The number of hydrogen-bond donors (Lipinski definition) is 4. The first-order chi connectivity index (χ1) is 14.9. The summed E-state index contributed by atoms with van der Waals surface area (Å²) in [5.41, 5.74) is 10.4. The lowest BCUT2D eigenvalue weighted by molar-refractivity contribution is -0.152. The monoisotopic (exact) mass is 430 g/mol. The molecular weight excluding hydrogens is 404 g/mol. The van der Waals surface area contributed by atoms with Gasteiger partial charge in [0.25, 0.3) is 0 Å². The number of esters is 1. The smallest absolute Gasteiger partial charge is 0.306 e. The minimum Gasteiger partial charge on any atom is -0.463 e. The molecule has 3 heterocycles. The molecule has 0 unspecified atom stereocenters. The van der Waals surface area contributed by atoms with Crippen LogP contribution in [0.1, 0.15) is 37.8 Å². The number of nitrogens with two attached hydrogens (primary N) is 2. The van der Waals surface area contributed by atoms with E-state index in [4.69, 9.17) is 20.9 Å². The van der Waals surface area contributed by atoms with E-state index < -0.39 is 29.9 Å². The molecule has 166 valence electrons. The van der Waals surface area contributed by atoms with E-state index in [1.165, 1.54) is 16.9 Å². The molecule has 0 radical (unpaired) electrons. The molecule has 1 aliphatic heterocycles. The summed E-state index contributed by atoms with van der Waals surface area (Å²) in [6.07, 6.45) is 0.899. The van der Waals surface area contributed by atoms with Crippen LogP contribution in [0.5, 0.6) is 0 Å². The maximum Gasteiger partial charge on any atom is 0.306 e. The van der Waals surface area contributed by atoms with Crippen molar-refractivity contribution in [2.75, 3.05) is 12.3 Å². The molecule has 0 amide bonds. The Balaban J connectivity index is 1.46.